The van der Waals surface area contributed by atoms with Crippen LogP contribution in [0.15, 0.2) is 24.7 Å². The quantitative estimate of drug-likeness (QED) is 0.570. The predicted molar refractivity (Wildman–Crippen MR) is 103 cm³/mol. The topological polar surface area (TPSA) is 135 Å². The van der Waals surface area contributed by atoms with Crippen molar-refractivity contribution in [3.8, 4) is 0 Å². The van der Waals surface area contributed by atoms with Crippen molar-refractivity contribution < 1.29 is 9.59 Å². The molecule has 4 heterocycles. The van der Waals surface area contributed by atoms with Crippen LogP contribution in [0.2, 0.25) is 0 Å². The van der Waals surface area contributed by atoms with Crippen LogP contribution in [0, 0.1) is 5.92 Å². The number of piperidine rings is 1. The number of nitrogens with one attached hydrogen (secondary N) is 2. The summed E-state index contributed by atoms with van der Waals surface area (Å²) < 4.78 is 1.75. The van der Waals surface area contributed by atoms with Crippen molar-refractivity contribution >= 4 is 34.2 Å². The Morgan fingerprint density at radius 3 is 2.89 bits per heavy atom. The minimum Gasteiger partial charge on any atom is -0.383 e. The number of anilines is 2. The number of likely N-dealkylation sites (tertiary alicyclic amines) is 1. The Morgan fingerprint density at radius 1 is 1.32 bits per heavy atom. The Balaban J connectivity index is 1.59. The molecule has 2 atom stereocenters. The van der Waals surface area contributed by atoms with Crippen molar-refractivity contribution in [2.45, 2.75) is 25.8 Å². The summed E-state index contributed by atoms with van der Waals surface area (Å²) in [6.45, 7) is 2.59. The van der Waals surface area contributed by atoms with Gasteiger partial charge in [0.25, 0.3) is 0 Å². The summed E-state index contributed by atoms with van der Waals surface area (Å²) >= 11 is 0. The fraction of sp³-hybridized carbons (Fsp3) is 0.389. The smallest absolute Gasteiger partial charge is 0.314 e. The molecule has 0 radical (unpaired) electrons. The molecule has 3 aromatic heterocycles. The minimum absolute atomic E-state index is 0.182. The van der Waals surface area contributed by atoms with E-state index in [4.69, 9.17) is 5.73 Å². The normalized spacial score (nSPS) is 19.7. The molecule has 28 heavy (non-hydrogen) atoms. The molecule has 2 amide bonds. The van der Waals surface area contributed by atoms with E-state index in [0.29, 0.717) is 34.9 Å². The number of hydrogen-bond donors (Lipinski definition) is 3. The van der Waals surface area contributed by atoms with E-state index in [1.54, 1.807) is 15.8 Å². The number of amides is 2. The van der Waals surface area contributed by atoms with Gasteiger partial charge in [-0.15, -0.1) is 0 Å². The highest BCUT2D eigenvalue weighted by molar-refractivity contribution is 6.40. The summed E-state index contributed by atoms with van der Waals surface area (Å²) in [5.41, 5.74) is 7.62. The molecule has 0 spiro atoms. The third-order valence-corrected chi connectivity index (χ3v) is 5.24. The van der Waals surface area contributed by atoms with Crippen LogP contribution >= 0.6 is 0 Å². The second kappa shape index (κ2) is 6.95. The molecule has 146 valence electrons. The molecule has 0 bridgehead atoms. The Kier molecular flexibility index (Phi) is 4.46. The maximum absolute atomic E-state index is 13.0. The first-order valence-corrected chi connectivity index (χ1v) is 9.13. The lowest BCUT2D eigenvalue weighted by Crippen LogP contribution is -2.47. The summed E-state index contributed by atoms with van der Waals surface area (Å²) in [7, 11) is 1.84. The number of carbonyl (C=O) groups excluding carboxylic acids is 2. The number of H-pyrrole nitrogens is 1. The minimum atomic E-state index is -0.719. The largest absolute Gasteiger partial charge is 0.383 e. The first-order chi connectivity index (χ1) is 13.5. The van der Waals surface area contributed by atoms with Crippen LogP contribution in [0.25, 0.3) is 10.9 Å². The van der Waals surface area contributed by atoms with Gasteiger partial charge in [0.15, 0.2) is 0 Å². The molecular formula is C18H22N8O2. The van der Waals surface area contributed by atoms with Crippen LogP contribution in [-0.2, 0) is 16.6 Å². The lowest BCUT2D eigenvalue weighted by molar-refractivity contribution is -0.146. The number of rotatable bonds is 2. The van der Waals surface area contributed by atoms with E-state index in [-0.39, 0.29) is 6.04 Å². The van der Waals surface area contributed by atoms with Crippen molar-refractivity contribution in [2.75, 3.05) is 17.6 Å². The number of carbonyl (C=O) groups is 2. The fourth-order valence-corrected chi connectivity index (χ4v) is 3.75. The number of pyridine rings is 1. The zero-order valence-corrected chi connectivity index (χ0v) is 15.7. The highest BCUT2D eigenvalue weighted by Gasteiger charge is 2.35. The zero-order chi connectivity index (χ0) is 19.8. The number of aromatic amines is 1. The summed E-state index contributed by atoms with van der Waals surface area (Å²) in [4.78, 5) is 31.5. The number of aromatic nitrogens is 5. The molecule has 0 saturated carbocycles. The third-order valence-electron chi connectivity index (χ3n) is 5.24. The SMILES string of the molecule is C[C@@H]1CC[C@@H](c2ccnn2C)N(C(=O)C(=O)Nc2cnc(N)c3cn[nH]c23)C1. The van der Waals surface area contributed by atoms with Crippen LogP contribution in [-0.4, -0.2) is 48.2 Å². The summed E-state index contributed by atoms with van der Waals surface area (Å²) in [6, 6.07) is 1.70. The van der Waals surface area contributed by atoms with E-state index < -0.39 is 11.8 Å². The van der Waals surface area contributed by atoms with Crippen LogP contribution in [0.4, 0.5) is 11.5 Å². The molecule has 0 aliphatic carbocycles. The van der Waals surface area contributed by atoms with Gasteiger partial charge in [0.05, 0.1) is 40.7 Å². The zero-order valence-electron chi connectivity index (χ0n) is 15.7. The maximum Gasteiger partial charge on any atom is 0.314 e. The summed E-state index contributed by atoms with van der Waals surface area (Å²) in [5, 5.41) is 14.1. The second-order valence-electron chi connectivity index (χ2n) is 7.21. The number of hydrogen-bond acceptors (Lipinski definition) is 6. The van der Waals surface area contributed by atoms with Gasteiger partial charge < -0.3 is 16.0 Å². The third kappa shape index (κ3) is 3.06. The molecule has 4 N–H and O–H groups in total. The Labute approximate surface area is 161 Å². The summed E-state index contributed by atoms with van der Waals surface area (Å²) in [5.74, 6) is -0.682. The average molecular weight is 382 g/mol. The van der Waals surface area contributed by atoms with Crippen LogP contribution < -0.4 is 11.1 Å². The lowest BCUT2D eigenvalue weighted by atomic mass is 9.92. The van der Waals surface area contributed by atoms with Crippen molar-refractivity contribution in [3.05, 3.63) is 30.4 Å². The molecule has 1 aliphatic heterocycles. The number of fused-ring (bicyclic) bond motifs is 1. The maximum atomic E-state index is 13.0. The van der Waals surface area contributed by atoms with E-state index >= 15 is 0 Å². The van der Waals surface area contributed by atoms with E-state index in [1.807, 2.05) is 13.1 Å². The summed E-state index contributed by atoms with van der Waals surface area (Å²) in [6.07, 6.45) is 6.41. The van der Waals surface area contributed by atoms with Crippen LogP contribution in [0.5, 0.6) is 0 Å². The van der Waals surface area contributed by atoms with Gasteiger partial charge in [0.2, 0.25) is 0 Å². The van der Waals surface area contributed by atoms with Gasteiger partial charge in [0, 0.05) is 19.8 Å². The highest BCUT2D eigenvalue weighted by atomic mass is 16.2. The van der Waals surface area contributed by atoms with Crippen molar-refractivity contribution in [2.24, 2.45) is 13.0 Å². The van der Waals surface area contributed by atoms with E-state index in [0.717, 1.165) is 18.5 Å². The van der Waals surface area contributed by atoms with Crippen LogP contribution in [0.3, 0.4) is 0 Å². The first kappa shape index (κ1) is 18.0. The highest BCUT2D eigenvalue weighted by Crippen LogP contribution is 2.33. The van der Waals surface area contributed by atoms with Crippen molar-refractivity contribution in [1.29, 1.82) is 0 Å². The number of nitrogen functional groups attached to an aromatic ring is 1. The van der Waals surface area contributed by atoms with Gasteiger partial charge in [0.1, 0.15) is 5.82 Å². The molecule has 10 heteroatoms. The Hall–Kier alpha value is -3.43. The van der Waals surface area contributed by atoms with Gasteiger partial charge in [-0.2, -0.15) is 10.2 Å². The van der Waals surface area contributed by atoms with Gasteiger partial charge >= 0.3 is 11.8 Å². The van der Waals surface area contributed by atoms with Gasteiger partial charge in [-0.1, -0.05) is 6.92 Å². The molecular weight excluding hydrogens is 360 g/mol. The molecule has 1 aliphatic rings. The lowest BCUT2D eigenvalue weighted by Gasteiger charge is -2.38. The Morgan fingerprint density at radius 2 is 2.14 bits per heavy atom. The average Bonchev–Trinajstić information content (AvgIpc) is 3.33. The van der Waals surface area contributed by atoms with Gasteiger partial charge in [-0.25, -0.2) is 4.98 Å². The molecule has 4 rings (SSSR count). The molecule has 1 saturated heterocycles. The number of nitrogens with zero attached hydrogens (tertiary/aromatic N) is 5. The molecule has 10 nitrogen and oxygen atoms in total. The standard InChI is InChI=1S/C18H22N8O2/c1-10-3-4-14(13-5-6-22-25(13)2)26(9-10)18(28)17(27)23-12-8-20-16(19)11-7-21-24-15(11)12/h5-8,10,14H,3-4,9H2,1-2H3,(H2,19,20)(H,21,24)(H,23,27)/t10-,14+/m1/s1. The van der Waals surface area contributed by atoms with E-state index in [2.05, 4.69) is 32.5 Å². The van der Waals surface area contributed by atoms with Crippen molar-refractivity contribution in [3.63, 3.8) is 0 Å². The second-order valence-corrected chi connectivity index (χ2v) is 7.21. The van der Waals surface area contributed by atoms with E-state index in [9.17, 15) is 9.59 Å². The van der Waals surface area contributed by atoms with Gasteiger partial charge in [-0.05, 0) is 24.8 Å². The predicted octanol–water partition coefficient (Wildman–Crippen LogP) is 1.21. The Bertz CT molecular complexity index is 1040. The molecule has 0 unspecified atom stereocenters. The van der Waals surface area contributed by atoms with Gasteiger partial charge in [-0.3, -0.25) is 19.4 Å². The van der Waals surface area contributed by atoms with E-state index in [1.165, 1.54) is 12.4 Å². The van der Waals surface area contributed by atoms with Crippen molar-refractivity contribution in [1.82, 2.24) is 29.9 Å². The molecule has 0 aromatic carbocycles. The fourth-order valence-electron chi connectivity index (χ4n) is 3.75. The van der Waals surface area contributed by atoms with Crippen LogP contribution in [0.1, 0.15) is 31.5 Å². The monoisotopic (exact) mass is 382 g/mol. The molecule has 3 aromatic rings. The number of aryl methyl sites for hydroxylation is 1. The molecule has 1 fully saturated rings. The first-order valence-electron chi connectivity index (χ1n) is 9.13. The number of nitrogens with two attached hydrogens (primary N) is 1.